The van der Waals surface area contributed by atoms with E-state index in [1.807, 2.05) is 18.2 Å². The van der Waals surface area contributed by atoms with Crippen LogP contribution >= 0.6 is 0 Å². The van der Waals surface area contributed by atoms with E-state index in [4.69, 9.17) is 0 Å². The Labute approximate surface area is 151 Å². The van der Waals surface area contributed by atoms with E-state index in [0.717, 1.165) is 5.69 Å². The molecule has 0 aliphatic heterocycles. The smallest absolute Gasteiger partial charge is 0.279 e. The van der Waals surface area contributed by atoms with Crippen molar-refractivity contribution in [3.63, 3.8) is 0 Å². The molecule has 0 radical (unpaired) electrons. The van der Waals surface area contributed by atoms with Crippen LogP contribution in [-0.2, 0) is 4.79 Å². The molecule has 134 valence electrons. The highest BCUT2D eigenvalue weighted by Crippen LogP contribution is 2.32. The van der Waals surface area contributed by atoms with Crippen molar-refractivity contribution in [1.82, 2.24) is 0 Å². The molecule has 1 amide bonds. The third-order valence-corrected chi connectivity index (χ3v) is 4.62. The molecule has 1 atom stereocenters. The van der Waals surface area contributed by atoms with Crippen LogP contribution < -0.4 is 10.6 Å². The summed E-state index contributed by atoms with van der Waals surface area (Å²) < 4.78 is 0. The summed E-state index contributed by atoms with van der Waals surface area (Å²) in [4.78, 5) is 12.6. The lowest BCUT2D eigenvalue weighted by Crippen LogP contribution is -2.86. The zero-order valence-corrected chi connectivity index (χ0v) is 16.0. The molecule has 2 rings (SSSR count). The van der Waals surface area contributed by atoms with Gasteiger partial charge in [0.05, 0.1) is 0 Å². The molecule has 0 saturated heterocycles. The average molecular weight is 340 g/mol. The van der Waals surface area contributed by atoms with E-state index in [0.29, 0.717) is 18.4 Å². The highest BCUT2D eigenvalue weighted by Gasteiger charge is 2.17. The topological polar surface area (TPSA) is 45.7 Å². The Morgan fingerprint density at radius 3 is 1.96 bits per heavy atom. The Balaban J connectivity index is 2.07. The van der Waals surface area contributed by atoms with Crippen LogP contribution in [0.15, 0.2) is 48.5 Å². The van der Waals surface area contributed by atoms with Gasteiger partial charge in [0.25, 0.3) is 5.91 Å². The number of nitrogens with two attached hydrogens (primary N) is 1. The summed E-state index contributed by atoms with van der Waals surface area (Å²) in [5.41, 5.74) is 4.64. The van der Waals surface area contributed by atoms with Gasteiger partial charge in [-0.25, -0.2) is 0 Å². The predicted molar refractivity (Wildman–Crippen MR) is 105 cm³/mol. The first-order chi connectivity index (χ1) is 11.9. The van der Waals surface area contributed by atoms with Gasteiger partial charge in [-0.15, -0.1) is 0 Å². The highest BCUT2D eigenvalue weighted by molar-refractivity contribution is 5.93. The van der Waals surface area contributed by atoms with Crippen molar-refractivity contribution in [2.45, 2.75) is 52.5 Å². The minimum absolute atomic E-state index is 0.0535. The van der Waals surface area contributed by atoms with Gasteiger partial charge in [0.15, 0.2) is 6.54 Å². The number of quaternary nitrogens is 1. The predicted octanol–water partition coefficient (Wildman–Crippen LogP) is 4.20. The lowest BCUT2D eigenvalue weighted by Gasteiger charge is -2.20. The fourth-order valence-corrected chi connectivity index (χ4v) is 3.06. The van der Waals surface area contributed by atoms with Gasteiger partial charge < -0.3 is 10.6 Å². The lowest BCUT2D eigenvalue weighted by atomic mass is 9.92. The van der Waals surface area contributed by atoms with Crippen LogP contribution in [0.3, 0.4) is 0 Å². The van der Waals surface area contributed by atoms with Crippen LogP contribution in [0.1, 0.15) is 69.2 Å². The van der Waals surface area contributed by atoms with Crippen molar-refractivity contribution < 1.29 is 10.1 Å². The molecule has 0 saturated carbocycles. The summed E-state index contributed by atoms with van der Waals surface area (Å²) in [6.07, 6.45) is 0. The van der Waals surface area contributed by atoms with Crippen LogP contribution in [0.4, 0.5) is 5.69 Å². The second-order valence-electron chi connectivity index (χ2n) is 7.31. The van der Waals surface area contributed by atoms with Crippen molar-refractivity contribution in [3.05, 3.63) is 65.2 Å². The highest BCUT2D eigenvalue weighted by atomic mass is 16.1. The average Bonchev–Trinajstić information content (AvgIpc) is 2.60. The van der Waals surface area contributed by atoms with Gasteiger partial charge in [0.1, 0.15) is 6.04 Å². The van der Waals surface area contributed by atoms with Crippen molar-refractivity contribution in [1.29, 1.82) is 0 Å². The van der Waals surface area contributed by atoms with Crippen molar-refractivity contribution in [2.75, 3.05) is 11.9 Å². The second-order valence-corrected chi connectivity index (χ2v) is 7.31. The number of benzene rings is 2. The number of carbonyl (C=O) groups excluding carboxylic acids is 1. The Morgan fingerprint density at radius 2 is 1.44 bits per heavy atom. The van der Waals surface area contributed by atoms with Gasteiger partial charge in [-0.3, -0.25) is 4.79 Å². The van der Waals surface area contributed by atoms with Crippen LogP contribution in [-0.4, -0.2) is 12.5 Å². The summed E-state index contributed by atoms with van der Waals surface area (Å²) in [7, 11) is 0. The molecule has 3 nitrogen and oxygen atoms in total. The van der Waals surface area contributed by atoms with Gasteiger partial charge in [-0.2, -0.15) is 0 Å². The fourth-order valence-electron chi connectivity index (χ4n) is 3.06. The quantitative estimate of drug-likeness (QED) is 0.780. The summed E-state index contributed by atoms with van der Waals surface area (Å²) in [5, 5.41) is 5.26. The summed E-state index contributed by atoms with van der Waals surface area (Å²) in [5.74, 6) is 0.806. The third-order valence-electron chi connectivity index (χ3n) is 4.62. The number of nitrogens with one attached hydrogen (secondary N) is 1. The van der Waals surface area contributed by atoms with Crippen LogP contribution in [0.25, 0.3) is 0 Å². The van der Waals surface area contributed by atoms with Gasteiger partial charge in [0.2, 0.25) is 0 Å². The minimum atomic E-state index is 0.0535. The molecule has 2 aromatic carbocycles. The summed E-state index contributed by atoms with van der Waals surface area (Å²) in [6, 6.07) is 16.9. The molecule has 0 fully saturated rings. The fraction of sp³-hybridized carbons (Fsp3) is 0.409. The standard InChI is InChI=1S/C22H30N2O/c1-15(2)19-12-9-13-20(16(3)4)22(19)24-21(25)14-23-17(5)18-10-7-6-8-11-18/h6-13,15-17,23H,14H2,1-5H3,(H,24,25)/p+1/t17-/m1/s1. The Hall–Kier alpha value is -2.13. The van der Waals surface area contributed by atoms with Crippen LogP contribution in [0, 0.1) is 0 Å². The van der Waals surface area contributed by atoms with E-state index < -0.39 is 0 Å². The molecule has 25 heavy (non-hydrogen) atoms. The van der Waals surface area contributed by atoms with Crippen molar-refractivity contribution in [2.24, 2.45) is 0 Å². The van der Waals surface area contributed by atoms with E-state index >= 15 is 0 Å². The first kappa shape index (κ1) is 19.2. The van der Waals surface area contributed by atoms with Gasteiger partial charge in [-0.1, -0.05) is 76.2 Å². The molecule has 3 heteroatoms. The first-order valence-corrected chi connectivity index (χ1v) is 9.21. The zero-order chi connectivity index (χ0) is 18.4. The number of para-hydroxylation sites is 1. The van der Waals surface area contributed by atoms with Crippen molar-refractivity contribution in [3.8, 4) is 0 Å². The molecule has 2 aromatic rings. The van der Waals surface area contributed by atoms with Gasteiger partial charge in [0, 0.05) is 11.3 Å². The Bertz CT molecular complexity index is 666. The van der Waals surface area contributed by atoms with E-state index in [1.54, 1.807) is 0 Å². The lowest BCUT2D eigenvalue weighted by molar-refractivity contribution is -0.682. The molecule has 0 aliphatic rings. The number of amides is 1. The number of carbonyl (C=O) groups is 1. The van der Waals surface area contributed by atoms with Gasteiger partial charge >= 0.3 is 0 Å². The van der Waals surface area contributed by atoms with Crippen molar-refractivity contribution >= 4 is 11.6 Å². The number of anilines is 1. The van der Waals surface area contributed by atoms with Gasteiger partial charge in [-0.05, 0) is 29.9 Å². The molecule has 0 bridgehead atoms. The van der Waals surface area contributed by atoms with E-state index in [1.165, 1.54) is 16.7 Å². The second kappa shape index (κ2) is 8.82. The number of rotatable bonds is 7. The SMILES string of the molecule is CC(C)c1cccc(C(C)C)c1NC(=O)C[NH2+][C@H](C)c1ccccc1. The maximum absolute atomic E-state index is 12.6. The number of hydrogen-bond donors (Lipinski definition) is 2. The molecule has 0 aromatic heterocycles. The van der Waals surface area contributed by atoms with Crippen LogP contribution in [0.2, 0.25) is 0 Å². The Morgan fingerprint density at radius 1 is 0.880 bits per heavy atom. The zero-order valence-electron chi connectivity index (χ0n) is 16.0. The maximum Gasteiger partial charge on any atom is 0.279 e. The summed E-state index contributed by atoms with van der Waals surface area (Å²) >= 11 is 0. The normalized spacial score (nSPS) is 12.4. The summed E-state index contributed by atoms with van der Waals surface area (Å²) in [6.45, 7) is 11.2. The Kier molecular flexibility index (Phi) is 6.77. The third kappa shape index (κ3) is 5.17. The molecule has 0 heterocycles. The van der Waals surface area contributed by atoms with E-state index in [9.17, 15) is 4.79 Å². The monoisotopic (exact) mass is 339 g/mol. The molecule has 0 unspecified atom stereocenters. The van der Waals surface area contributed by atoms with Crippen LogP contribution in [0.5, 0.6) is 0 Å². The molecule has 0 aliphatic carbocycles. The minimum Gasteiger partial charge on any atom is -0.333 e. The first-order valence-electron chi connectivity index (χ1n) is 9.21. The molecular formula is C22H31N2O+. The van der Waals surface area contributed by atoms with E-state index in [-0.39, 0.29) is 11.9 Å². The molecular weight excluding hydrogens is 308 g/mol. The van der Waals surface area contributed by atoms with E-state index in [2.05, 4.69) is 75.6 Å². The largest absolute Gasteiger partial charge is 0.333 e. The molecule has 3 N–H and O–H groups in total. The molecule has 0 spiro atoms. The number of hydrogen-bond acceptors (Lipinski definition) is 1. The maximum atomic E-state index is 12.6.